The molecule has 0 aromatic carbocycles. The minimum absolute atomic E-state index is 0.0941. The fourth-order valence-electron chi connectivity index (χ4n) is 1.85. The van der Waals surface area contributed by atoms with Crippen molar-refractivity contribution in [3.8, 4) is 0 Å². The van der Waals surface area contributed by atoms with Crippen molar-refractivity contribution in [2.75, 3.05) is 33.0 Å². The number of aliphatic hydroxyl groups excluding tert-OH is 1. The number of hydrogen-bond donors (Lipinski definition) is 1. The molecule has 0 aromatic heterocycles. The maximum Gasteiger partial charge on any atom is 0.0701 e. The number of unbranched alkanes of at least 4 members (excludes halogenated alkanes) is 5. The van der Waals surface area contributed by atoms with Gasteiger partial charge in [-0.1, -0.05) is 52.4 Å². The summed E-state index contributed by atoms with van der Waals surface area (Å²) in [5.74, 6) is 0.853. The van der Waals surface area contributed by atoms with E-state index in [4.69, 9.17) is 14.6 Å². The summed E-state index contributed by atoms with van der Waals surface area (Å²) in [5.41, 5.74) is 0. The Bertz CT molecular complexity index is 149. The molecule has 0 saturated carbocycles. The lowest BCUT2D eigenvalue weighted by Gasteiger charge is -2.06. The third kappa shape index (κ3) is 15.9. The number of hydrogen-bond acceptors (Lipinski definition) is 3. The highest BCUT2D eigenvalue weighted by Crippen LogP contribution is 2.11. The first-order valence-electron chi connectivity index (χ1n) is 7.53. The fourth-order valence-corrected chi connectivity index (χ4v) is 1.85. The van der Waals surface area contributed by atoms with Gasteiger partial charge in [-0.25, -0.2) is 0 Å². The van der Waals surface area contributed by atoms with E-state index in [1.807, 2.05) is 0 Å². The van der Waals surface area contributed by atoms with Crippen LogP contribution in [-0.2, 0) is 9.47 Å². The first-order valence-corrected chi connectivity index (χ1v) is 7.53. The van der Waals surface area contributed by atoms with Gasteiger partial charge >= 0.3 is 0 Å². The summed E-state index contributed by atoms with van der Waals surface area (Å²) < 4.78 is 10.5. The summed E-state index contributed by atoms with van der Waals surface area (Å²) in [4.78, 5) is 0. The minimum atomic E-state index is 0.0941. The minimum Gasteiger partial charge on any atom is -0.394 e. The summed E-state index contributed by atoms with van der Waals surface area (Å²) in [5, 5.41) is 8.49. The molecule has 0 spiro atoms. The highest BCUT2D eigenvalue weighted by Gasteiger charge is 1.95. The first-order chi connectivity index (χ1) is 8.77. The average Bonchev–Trinajstić information content (AvgIpc) is 2.34. The Morgan fingerprint density at radius 3 is 1.89 bits per heavy atom. The molecule has 0 aliphatic heterocycles. The molecule has 0 aliphatic carbocycles. The van der Waals surface area contributed by atoms with Gasteiger partial charge in [0.05, 0.1) is 26.4 Å². The predicted octanol–water partition coefficient (Wildman–Crippen LogP) is 3.40. The Kier molecular flexibility index (Phi) is 14.8. The van der Waals surface area contributed by atoms with Crippen LogP contribution in [-0.4, -0.2) is 38.1 Å². The van der Waals surface area contributed by atoms with Crippen molar-refractivity contribution in [3.63, 3.8) is 0 Å². The maximum absolute atomic E-state index is 8.49. The zero-order valence-electron chi connectivity index (χ0n) is 12.3. The quantitative estimate of drug-likeness (QED) is 0.486. The summed E-state index contributed by atoms with van der Waals surface area (Å²) in [6, 6.07) is 0. The Morgan fingerprint density at radius 1 is 0.722 bits per heavy atom. The molecule has 0 aromatic rings. The van der Waals surface area contributed by atoms with Crippen molar-refractivity contribution in [1.29, 1.82) is 0 Å². The zero-order chi connectivity index (χ0) is 13.5. The molecule has 0 atom stereocenters. The molecule has 0 unspecified atom stereocenters. The van der Waals surface area contributed by atoms with Crippen LogP contribution in [0.4, 0.5) is 0 Å². The molecule has 0 rings (SSSR count). The Labute approximate surface area is 113 Å². The van der Waals surface area contributed by atoms with Crippen LogP contribution in [0.1, 0.15) is 58.8 Å². The van der Waals surface area contributed by atoms with Crippen LogP contribution in [0.2, 0.25) is 0 Å². The van der Waals surface area contributed by atoms with Crippen LogP contribution in [0.3, 0.4) is 0 Å². The van der Waals surface area contributed by atoms with Gasteiger partial charge in [-0.05, 0) is 12.3 Å². The van der Waals surface area contributed by atoms with Crippen LogP contribution in [0.5, 0.6) is 0 Å². The van der Waals surface area contributed by atoms with E-state index in [0.29, 0.717) is 19.8 Å². The van der Waals surface area contributed by atoms with Crippen molar-refractivity contribution in [2.24, 2.45) is 5.92 Å². The van der Waals surface area contributed by atoms with E-state index < -0.39 is 0 Å². The van der Waals surface area contributed by atoms with E-state index in [0.717, 1.165) is 18.9 Å². The van der Waals surface area contributed by atoms with E-state index in [2.05, 4.69) is 13.8 Å². The number of aliphatic hydroxyl groups is 1. The second kappa shape index (κ2) is 14.9. The van der Waals surface area contributed by atoms with Gasteiger partial charge in [0, 0.05) is 6.61 Å². The van der Waals surface area contributed by atoms with Crippen LogP contribution in [0, 0.1) is 5.92 Å². The predicted molar refractivity (Wildman–Crippen MR) is 75.9 cm³/mol. The van der Waals surface area contributed by atoms with Gasteiger partial charge in [0.25, 0.3) is 0 Å². The standard InChI is InChI=1S/C15H32O3/c1-15(2)9-7-5-3-4-6-8-11-17-13-14-18-12-10-16/h15-16H,3-14H2,1-2H3. The van der Waals surface area contributed by atoms with E-state index >= 15 is 0 Å². The van der Waals surface area contributed by atoms with Crippen molar-refractivity contribution in [1.82, 2.24) is 0 Å². The molecule has 0 saturated heterocycles. The van der Waals surface area contributed by atoms with Crippen LogP contribution in [0.15, 0.2) is 0 Å². The highest BCUT2D eigenvalue weighted by molar-refractivity contribution is 4.48. The molecule has 110 valence electrons. The van der Waals surface area contributed by atoms with Gasteiger partial charge in [0.2, 0.25) is 0 Å². The van der Waals surface area contributed by atoms with Gasteiger partial charge in [-0.15, -0.1) is 0 Å². The van der Waals surface area contributed by atoms with E-state index in [1.165, 1.54) is 38.5 Å². The number of ether oxygens (including phenoxy) is 2. The molecule has 1 N–H and O–H groups in total. The van der Waals surface area contributed by atoms with Gasteiger partial charge in [0.15, 0.2) is 0 Å². The van der Waals surface area contributed by atoms with Crippen molar-refractivity contribution >= 4 is 0 Å². The highest BCUT2D eigenvalue weighted by atomic mass is 16.5. The smallest absolute Gasteiger partial charge is 0.0701 e. The summed E-state index contributed by atoms with van der Waals surface area (Å²) in [7, 11) is 0. The lowest BCUT2D eigenvalue weighted by Crippen LogP contribution is -2.07. The Morgan fingerprint density at radius 2 is 1.28 bits per heavy atom. The van der Waals surface area contributed by atoms with Gasteiger partial charge in [-0.3, -0.25) is 0 Å². The Balaban J connectivity index is 2.90. The van der Waals surface area contributed by atoms with Crippen molar-refractivity contribution < 1.29 is 14.6 Å². The van der Waals surface area contributed by atoms with Gasteiger partial charge < -0.3 is 14.6 Å². The lowest BCUT2D eigenvalue weighted by atomic mass is 10.0. The molecule has 18 heavy (non-hydrogen) atoms. The monoisotopic (exact) mass is 260 g/mol. The molecule has 0 heterocycles. The first kappa shape index (κ1) is 17.9. The largest absolute Gasteiger partial charge is 0.394 e. The maximum atomic E-state index is 8.49. The van der Waals surface area contributed by atoms with Crippen LogP contribution in [0.25, 0.3) is 0 Å². The topological polar surface area (TPSA) is 38.7 Å². The summed E-state index contributed by atoms with van der Waals surface area (Å²) in [6.07, 6.45) is 9.28. The summed E-state index contributed by atoms with van der Waals surface area (Å²) in [6.45, 7) is 7.18. The third-order valence-corrected chi connectivity index (χ3v) is 2.93. The molecule has 3 heteroatoms. The Hall–Kier alpha value is -0.120. The van der Waals surface area contributed by atoms with Crippen LogP contribution < -0.4 is 0 Å². The SMILES string of the molecule is CC(C)CCCCCCCCOCCOCCO. The molecule has 0 amide bonds. The molecule has 0 aliphatic rings. The summed E-state index contributed by atoms with van der Waals surface area (Å²) >= 11 is 0. The molecule has 3 nitrogen and oxygen atoms in total. The van der Waals surface area contributed by atoms with E-state index in [9.17, 15) is 0 Å². The third-order valence-electron chi connectivity index (χ3n) is 2.93. The van der Waals surface area contributed by atoms with Crippen LogP contribution >= 0.6 is 0 Å². The second-order valence-corrected chi connectivity index (χ2v) is 5.25. The second-order valence-electron chi connectivity index (χ2n) is 5.25. The average molecular weight is 260 g/mol. The van der Waals surface area contributed by atoms with E-state index in [-0.39, 0.29) is 6.61 Å². The van der Waals surface area contributed by atoms with Crippen molar-refractivity contribution in [3.05, 3.63) is 0 Å². The van der Waals surface area contributed by atoms with Gasteiger partial charge in [0.1, 0.15) is 0 Å². The zero-order valence-corrected chi connectivity index (χ0v) is 12.3. The van der Waals surface area contributed by atoms with Gasteiger partial charge in [-0.2, -0.15) is 0 Å². The molecular formula is C15H32O3. The molecule has 0 bridgehead atoms. The molecule has 0 radical (unpaired) electrons. The number of rotatable bonds is 14. The van der Waals surface area contributed by atoms with Crippen molar-refractivity contribution in [2.45, 2.75) is 58.8 Å². The normalized spacial score (nSPS) is 11.3. The van der Waals surface area contributed by atoms with E-state index in [1.54, 1.807) is 0 Å². The molecular weight excluding hydrogens is 228 g/mol. The fraction of sp³-hybridized carbons (Fsp3) is 1.00. The molecule has 0 fully saturated rings. The lowest BCUT2D eigenvalue weighted by molar-refractivity contribution is 0.0321.